The summed E-state index contributed by atoms with van der Waals surface area (Å²) in [5.41, 5.74) is 9.46. The number of hydrogen-bond acceptors (Lipinski definition) is 7. The van der Waals surface area contributed by atoms with Gasteiger partial charge in [-0.25, -0.2) is 9.97 Å². The molecular formula is C30H36N6O2. The summed E-state index contributed by atoms with van der Waals surface area (Å²) in [4.78, 5) is 14.0. The lowest BCUT2D eigenvalue weighted by molar-refractivity contribution is 0.0637. The molecule has 4 aromatic rings. The minimum Gasteiger partial charge on any atom is -0.457 e. The Kier molecular flexibility index (Phi) is 7.27. The number of para-hydroxylation sites is 1. The summed E-state index contributed by atoms with van der Waals surface area (Å²) in [7, 11) is 0. The summed E-state index contributed by atoms with van der Waals surface area (Å²) < 4.78 is 8.33. The number of benzene rings is 2. The van der Waals surface area contributed by atoms with E-state index in [2.05, 4.69) is 42.7 Å². The Labute approximate surface area is 223 Å². The van der Waals surface area contributed by atoms with Gasteiger partial charge in [0, 0.05) is 56.6 Å². The van der Waals surface area contributed by atoms with Gasteiger partial charge in [0.1, 0.15) is 29.3 Å². The van der Waals surface area contributed by atoms with Crippen molar-refractivity contribution in [3.05, 3.63) is 67.1 Å². The average Bonchev–Trinajstić information content (AvgIpc) is 3.36. The summed E-state index contributed by atoms with van der Waals surface area (Å²) in [5, 5.41) is 10.1. The molecule has 2 aliphatic rings. The van der Waals surface area contributed by atoms with E-state index < -0.39 is 0 Å². The maximum absolute atomic E-state index is 9.22. The van der Waals surface area contributed by atoms with E-state index in [1.54, 1.807) is 6.33 Å². The van der Waals surface area contributed by atoms with Gasteiger partial charge in [0.2, 0.25) is 0 Å². The van der Waals surface area contributed by atoms with Crippen molar-refractivity contribution in [3.8, 4) is 22.6 Å². The molecule has 6 rings (SSSR count). The first-order valence-corrected chi connectivity index (χ1v) is 13.7. The summed E-state index contributed by atoms with van der Waals surface area (Å²) in [6.45, 7) is 5.34. The quantitative estimate of drug-likeness (QED) is 0.375. The second-order valence-corrected chi connectivity index (χ2v) is 10.4. The molecular weight excluding hydrogens is 476 g/mol. The highest BCUT2D eigenvalue weighted by Gasteiger charge is 2.30. The van der Waals surface area contributed by atoms with Gasteiger partial charge in [-0.05, 0) is 55.5 Å². The van der Waals surface area contributed by atoms with E-state index in [4.69, 9.17) is 10.5 Å². The molecule has 0 amide bonds. The maximum atomic E-state index is 9.22. The SMILES string of the molecule is Nc1ncnc2c1c(-c1ccc(Oc3ccccc3)cc1)cn2[C@H]1CC[C@H](N2CCN(CCO)CC2)CC1. The van der Waals surface area contributed by atoms with Gasteiger partial charge in [-0.15, -0.1) is 0 Å². The Hall–Kier alpha value is -3.46. The Bertz CT molecular complexity index is 1340. The largest absolute Gasteiger partial charge is 0.457 e. The molecule has 3 N–H and O–H groups in total. The van der Waals surface area contributed by atoms with Crippen LogP contribution < -0.4 is 10.5 Å². The van der Waals surface area contributed by atoms with E-state index in [1.807, 2.05) is 42.5 Å². The monoisotopic (exact) mass is 512 g/mol. The number of aliphatic hydroxyl groups is 1. The van der Waals surface area contributed by atoms with Gasteiger partial charge in [-0.2, -0.15) is 0 Å². The molecule has 2 aromatic heterocycles. The number of nitrogens with two attached hydrogens (primary N) is 1. The smallest absolute Gasteiger partial charge is 0.146 e. The van der Waals surface area contributed by atoms with Crippen molar-refractivity contribution < 1.29 is 9.84 Å². The van der Waals surface area contributed by atoms with Crippen LogP contribution in [-0.4, -0.2) is 74.8 Å². The maximum Gasteiger partial charge on any atom is 0.146 e. The molecule has 8 nitrogen and oxygen atoms in total. The highest BCUT2D eigenvalue weighted by Crippen LogP contribution is 2.39. The average molecular weight is 513 g/mol. The minimum atomic E-state index is 0.248. The standard InChI is InChI=1S/C30H36N6O2/c31-29-28-27(22-6-12-26(13-7-22)38-25-4-2-1-3-5-25)20-36(30(28)33-21-32-29)24-10-8-23(9-11-24)35-16-14-34(15-17-35)18-19-37/h1-7,12-13,20-21,23-24,37H,8-11,14-19H2,(H2,31,32,33)/t23-,24-. The van der Waals surface area contributed by atoms with Crippen molar-refractivity contribution in [1.82, 2.24) is 24.3 Å². The van der Waals surface area contributed by atoms with Crippen LogP contribution in [0.2, 0.25) is 0 Å². The predicted molar refractivity (Wildman–Crippen MR) is 150 cm³/mol. The van der Waals surface area contributed by atoms with Crippen LogP contribution >= 0.6 is 0 Å². The molecule has 2 fully saturated rings. The van der Waals surface area contributed by atoms with Crippen LogP contribution in [0.3, 0.4) is 0 Å². The van der Waals surface area contributed by atoms with Crippen LogP contribution in [0.4, 0.5) is 5.82 Å². The first-order valence-electron chi connectivity index (χ1n) is 13.7. The lowest BCUT2D eigenvalue weighted by Gasteiger charge is -2.42. The van der Waals surface area contributed by atoms with Crippen LogP contribution in [0.25, 0.3) is 22.2 Å². The molecule has 1 aliphatic heterocycles. The highest BCUT2D eigenvalue weighted by molar-refractivity contribution is 6.00. The van der Waals surface area contributed by atoms with Gasteiger partial charge in [-0.1, -0.05) is 30.3 Å². The number of anilines is 1. The van der Waals surface area contributed by atoms with Crippen molar-refractivity contribution in [2.45, 2.75) is 37.8 Å². The van der Waals surface area contributed by atoms with Crippen LogP contribution in [0, 0.1) is 0 Å². The minimum absolute atomic E-state index is 0.248. The molecule has 0 atom stereocenters. The van der Waals surface area contributed by atoms with E-state index in [-0.39, 0.29) is 6.61 Å². The lowest BCUT2D eigenvalue weighted by atomic mass is 9.89. The van der Waals surface area contributed by atoms with E-state index >= 15 is 0 Å². The van der Waals surface area contributed by atoms with E-state index in [1.165, 1.54) is 12.8 Å². The molecule has 38 heavy (non-hydrogen) atoms. The number of β-amino-alcohol motifs (C(OH)–C–C–N with tert-alkyl or cyclic N) is 1. The zero-order valence-corrected chi connectivity index (χ0v) is 21.7. The number of piperazine rings is 1. The number of fused-ring (bicyclic) bond motifs is 1. The first kappa shape index (κ1) is 24.9. The topological polar surface area (TPSA) is 92.7 Å². The van der Waals surface area contributed by atoms with Gasteiger partial charge in [0.15, 0.2) is 0 Å². The number of aromatic nitrogens is 3. The molecule has 1 saturated heterocycles. The number of ether oxygens (including phenoxy) is 1. The van der Waals surface area contributed by atoms with Crippen LogP contribution in [0.1, 0.15) is 31.7 Å². The fourth-order valence-electron chi connectivity index (χ4n) is 6.13. The molecule has 1 aliphatic carbocycles. The zero-order chi connectivity index (χ0) is 25.9. The molecule has 0 spiro atoms. The summed E-state index contributed by atoms with van der Waals surface area (Å²) >= 11 is 0. The molecule has 2 aromatic carbocycles. The molecule has 1 saturated carbocycles. The third kappa shape index (κ3) is 5.12. The molecule has 8 heteroatoms. The van der Waals surface area contributed by atoms with E-state index in [9.17, 15) is 5.11 Å². The van der Waals surface area contributed by atoms with Gasteiger partial charge >= 0.3 is 0 Å². The second kappa shape index (κ2) is 11.1. The second-order valence-electron chi connectivity index (χ2n) is 10.4. The molecule has 3 heterocycles. The van der Waals surface area contributed by atoms with Crippen molar-refractivity contribution in [2.24, 2.45) is 0 Å². The number of aliphatic hydroxyl groups excluding tert-OH is 1. The van der Waals surface area contributed by atoms with E-state index in [0.717, 1.165) is 79.2 Å². The van der Waals surface area contributed by atoms with Gasteiger partial charge in [-0.3, -0.25) is 9.80 Å². The van der Waals surface area contributed by atoms with Crippen molar-refractivity contribution in [3.63, 3.8) is 0 Å². The Balaban J connectivity index is 1.19. The number of nitrogen functional groups attached to an aromatic ring is 1. The van der Waals surface area contributed by atoms with Crippen LogP contribution in [0.15, 0.2) is 67.1 Å². The number of rotatable bonds is 7. The molecule has 0 radical (unpaired) electrons. The zero-order valence-electron chi connectivity index (χ0n) is 21.7. The Morgan fingerprint density at radius 3 is 2.24 bits per heavy atom. The predicted octanol–water partition coefficient (Wildman–Crippen LogP) is 4.57. The van der Waals surface area contributed by atoms with Gasteiger partial charge in [0.05, 0.1) is 12.0 Å². The third-order valence-corrected chi connectivity index (χ3v) is 8.18. The van der Waals surface area contributed by atoms with Crippen LogP contribution in [-0.2, 0) is 0 Å². The van der Waals surface area contributed by atoms with Crippen molar-refractivity contribution in [2.75, 3.05) is 45.1 Å². The Morgan fingerprint density at radius 2 is 1.53 bits per heavy atom. The normalized spacial score (nSPS) is 21.1. The molecule has 0 bridgehead atoms. The molecule has 0 unspecified atom stereocenters. The number of nitrogens with zero attached hydrogens (tertiary/aromatic N) is 5. The summed E-state index contributed by atoms with van der Waals surface area (Å²) in [6.07, 6.45) is 8.42. The van der Waals surface area contributed by atoms with Crippen molar-refractivity contribution in [1.29, 1.82) is 0 Å². The third-order valence-electron chi connectivity index (χ3n) is 8.18. The summed E-state index contributed by atoms with van der Waals surface area (Å²) in [6, 6.07) is 19.0. The fraction of sp³-hybridized carbons (Fsp3) is 0.400. The number of hydrogen-bond donors (Lipinski definition) is 2. The first-order chi connectivity index (χ1) is 18.7. The fourth-order valence-corrected chi connectivity index (χ4v) is 6.13. The Morgan fingerprint density at radius 1 is 0.842 bits per heavy atom. The lowest BCUT2D eigenvalue weighted by Crippen LogP contribution is -2.51. The van der Waals surface area contributed by atoms with Crippen LogP contribution in [0.5, 0.6) is 11.5 Å². The van der Waals surface area contributed by atoms with Crippen molar-refractivity contribution >= 4 is 16.9 Å². The van der Waals surface area contributed by atoms with E-state index in [0.29, 0.717) is 17.9 Å². The molecule has 198 valence electrons. The van der Waals surface area contributed by atoms with Gasteiger partial charge in [0.25, 0.3) is 0 Å². The van der Waals surface area contributed by atoms with Gasteiger partial charge < -0.3 is 20.1 Å². The summed E-state index contributed by atoms with van der Waals surface area (Å²) in [5.74, 6) is 2.13. The highest BCUT2D eigenvalue weighted by atomic mass is 16.5.